The summed E-state index contributed by atoms with van der Waals surface area (Å²) in [4.78, 5) is 12.3. The van der Waals surface area contributed by atoms with Crippen LogP contribution in [-0.4, -0.2) is 17.0 Å². The second-order valence-corrected chi connectivity index (χ2v) is 5.23. The maximum absolute atomic E-state index is 12.3. The number of aliphatic hydroxyl groups is 1. The van der Waals surface area contributed by atoms with Crippen LogP contribution in [0.5, 0.6) is 11.5 Å². The van der Waals surface area contributed by atoms with Gasteiger partial charge in [0.25, 0.3) is 0 Å². The van der Waals surface area contributed by atoms with Crippen molar-refractivity contribution in [3.05, 3.63) is 70.1 Å². The summed E-state index contributed by atoms with van der Waals surface area (Å²) in [5.41, 5.74) is 1.00. The predicted octanol–water partition coefficient (Wildman–Crippen LogP) is 2.98. The van der Waals surface area contributed by atoms with Gasteiger partial charge in [-0.25, -0.2) is 0 Å². The number of para-hydroxylation sites is 1. The molecule has 0 spiro atoms. The van der Waals surface area contributed by atoms with Gasteiger partial charge in [-0.3, -0.25) is 4.79 Å². The highest BCUT2D eigenvalue weighted by molar-refractivity contribution is 5.78. The Morgan fingerprint density at radius 2 is 1.96 bits per heavy atom. The SMILES string of the molecule is CC(c1cc(=O)c2cc(O)ccc2o1)c1ccccc1OCO. The Morgan fingerprint density at radius 1 is 1.17 bits per heavy atom. The number of aliphatic hydroxyl groups excluding tert-OH is 1. The van der Waals surface area contributed by atoms with Crippen LogP contribution >= 0.6 is 0 Å². The van der Waals surface area contributed by atoms with Crippen molar-refractivity contribution in [1.29, 1.82) is 0 Å². The van der Waals surface area contributed by atoms with E-state index in [0.717, 1.165) is 5.56 Å². The number of phenolic OH excluding ortho intramolecular Hbond substituents is 1. The van der Waals surface area contributed by atoms with E-state index in [4.69, 9.17) is 14.3 Å². The molecule has 2 aromatic carbocycles. The summed E-state index contributed by atoms with van der Waals surface area (Å²) < 4.78 is 11.0. The Kier molecular flexibility index (Phi) is 4.04. The molecule has 3 rings (SSSR count). The first kappa shape index (κ1) is 15.1. The molecular weight excluding hydrogens is 296 g/mol. The predicted molar refractivity (Wildman–Crippen MR) is 85.8 cm³/mol. The highest BCUT2D eigenvalue weighted by Gasteiger charge is 2.17. The molecule has 2 N–H and O–H groups in total. The molecule has 1 unspecified atom stereocenters. The molecule has 1 aromatic heterocycles. The van der Waals surface area contributed by atoms with Crippen LogP contribution in [-0.2, 0) is 0 Å². The van der Waals surface area contributed by atoms with Gasteiger partial charge in [-0.15, -0.1) is 0 Å². The molecule has 0 aliphatic rings. The van der Waals surface area contributed by atoms with Crippen molar-refractivity contribution in [2.45, 2.75) is 12.8 Å². The molecule has 0 saturated heterocycles. The minimum Gasteiger partial charge on any atom is -0.508 e. The molecular formula is C18H16O5. The van der Waals surface area contributed by atoms with Crippen LogP contribution in [0.25, 0.3) is 11.0 Å². The highest BCUT2D eigenvalue weighted by Crippen LogP contribution is 2.32. The second kappa shape index (κ2) is 6.14. The number of hydrogen-bond donors (Lipinski definition) is 2. The summed E-state index contributed by atoms with van der Waals surface area (Å²) in [6, 6.07) is 13.1. The van der Waals surface area contributed by atoms with Crippen LogP contribution in [0, 0.1) is 0 Å². The van der Waals surface area contributed by atoms with Crippen molar-refractivity contribution in [3.8, 4) is 11.5 Å². The Hall–Kier alpha value is -2.79. The Morgan fingerprint density at radius 3 is 2.74 bits per heavy atom. The lowest BCUT2D eigenvalue weighted by molar-refractivity contribution is 0.0973. The fourth-order valence-electron chi connectivity index (χ4n) is 2.57. The second-order valence-electron chi connectivity index (χ2n) is 5.23. The number of rotatable bonds is 4. The lowest BCUT2D eigenvalue weighted by Gasteiger charge is -2.15. The number of benzene rings is 2. The number of fused-ring (bicyclic) bond motifs is 1. The lowest BCUT2D eigenvalue weighted by atomic mass is 9.97. The minimum atomic E-state index is -0.426. The van der Waals surface area contributed by atoms with E-state index in [9.17, 15) is 9.90 Å². The van der Waals surface area contributed by atoms with Crippen molar-refractivity contribution >= 4 is 11.0 Å². The smallest absolute Gasteiger partial charge is 0.193 e. The minimum absolute atomic E-state index is 0.0206. The molecule has 5 nitrogen and oxygen atoms in total. The van der Waals surface area contributed by atoms with E-state index in [2.05, 4.69) is 0 Å². The molecule has 1 atom stereocenters. The summed E-state index contributed by atoms with van der Waals surface area (Å²) in [6.07, 6.45) is 0. The zero-order valence-corrected chi connectivity index (χ0v) is 12.5. The van der Waals surface area contributed by atoms with Gasteiger partial charge in [0.2, 0.25) is 0 Å². The van der Waals surface area contributed by atoms with E-state index in [1.54, 1.807) is 18.2 Å². The van der Waals surface area contributed by atoms with Gasteiger partial charge in [-0.1, -0.05) is 25.1 Å². The van der Waals surface area contributed by atoms with E-state index < -0.39 is 6.79 Å². The average molecular weight is 312 g/mol. The molecule has 3 aromatic rings. The van der Waals surface area contributed by atoms with E-state index in [1.165, 1.54) is 18.2 Å². The Labute approximate surface area is 132 Å². The quantitative estimate of drug-likeness (QED) is 0.724. The third-order valence-corrected chi connectivity index (χ3v) is 3.76. The standard InChI is InChI=1S/C18H16O5/c1-11(13-4-2-3-5-16(13)22-10-19)18-9-15(21)14-8-12(20)6-7-17(14)23-18/h2-9,11,19-20H,10H2,1H3. The molecule has 0 saturated carbocycles. The molecule has 0 fully saturated rings. The maximum atomic E-state index is 12.3. The molecule has 5 heteroatoms. The molecule has 1 heterocycles. The number of aromatic hydroxyl groups is 1. The van der Waals surface area contributed by atoms with Crippen molar-refractivity contribution in [3.63, 3.8) is 0 Å². The summed E-state index contributed by atoms with van der Waals surface area (Å²) in [7, 11) is 0. The highest BCUT2D eigenvalue weighted by atomic mass is 16.6. The lowest BCUT2D eigenvalue weighted by Crippen LogP contribution is -2.07. The van der Waals surface area contributed by atoms with Crippen LogP contribution in [0.3, 0.4) is 0 Å². The molecule has 0 aliphatic carbocycles. The van der Waals surface area contributed by atoms with Gasteiger partial charge in [0.15, 0.2) is 12.2 Å². The first-order valence-electron chi connectivity index (χ1n) is 7.19. The molecule has 0 bridgehead atoms. The van der Waals surface area contributed by atoms with Crippen LogP contribution < -0.4 is 10.2 Å². The maximum Gasteiger partial charge on any atom is 0.193 e. The zero-order chi connectivity index (χ0) is 16.4. The van der Waals surface area contributed by atoms with Gasteiger partial charge in [0.05, 0.1) is 5.39 Å². The number of phenols is 1. The van der Waals surface area contributed by atoms with Crippen molar-refractivity contribution in [1.82, 2.24) is 0 Å². The van der Waals surface area contributed by atoms with Crippen LogP contribution in [0.1, 0.15) is 24.2 Å². The van der Waals surface area contributed by atoms with Gasteiger partial charge >= 0.3 is 0 Å². The molecule has 118 valence electrons. The zero-order valence-electron chi connectivity index (χ0n) is 12.5. The number of hydrogen-bond acceptors (Lipinski definition) is 5. The van der Waals surface area contributed by atoms with Crippen LogP contribution in [0.15, 0.2) is 57.7 Å². The van der Waals surface area contributed by atoms with E-state index in [1.807, 2.05) is 19.1 Å². The molecule has 0 radical (unpaired) electrons. The van der Waals surface area contributed by atoms with Gasteiger partial charge in [0.1, 0.15) is 22.8 Å². The molecule has 23 heavy (non-hydrogen) atoms. The first-order chi connectivity index (χ1) is 11.1. The summed E-state index contributed by atoms with van der Waals surface area (Å²) >= 11 is 0. The molecule has 0 aliphatic heterocycles. The number of ether oxygens (including phenoxy) is 1. The average Bonchev–Trinajstić information content (AvgIpc) is 2.55. The van der Waals surface area contributed by atoms with E-state index in [-0.39, 0.29) is 17.1 Å². The third-order valence-electron chi connectivity index (χ3n) is 3.76. The van der Waals surface area contributed by atoms with E-state index >= 15 is 0 Å². The largest absolute Gasteiger partial charge is 0.508 e. The monoisotopic (exact) mass is 312 g/mol. The van der Waals surface area contributed by atoms with Gasteiger partial charge in [-0.05, 0) is 24.3 Å². The summed E-state index contributed by atoms with van der Waals surface area (Å²) in [5, 5.41) is 18.8. The van der Waals surface area contributed by atoms with Gasteiger partial charge < -0.3 is 19.4 Å². The summed E-state index contributed by atoms with van der Waals surface area (Å²) in [5.74, 6) is 0.814. The van der Waals surface area contributed by atoms with Crippen molar-refractivity contribution < 1.29 is 19.4 Å². The topological polar surface area (TPSA) is 79.9 Å². The van der Waals surface area contributed by atoms with E-state index in [0.29, 0.717) is 22.5 Å². The fraction of sp³-hybridized carbons (Fsp3) is 0.167. The van der Waals surface area contributed by atoms with Gasteiger partial charge in [0, 0.05) is 17.5 Å². The van der Waals surface area contributed by atoms with Gasteiger partial charge in [-0.2, -0.15) is 0 Å². The Balaban J connectivity index is 2.10. The third kappa shape index (κ3) is 2.91. The fourth-order valence-corrected chi connectivity index (χ4v) is 2.57. The normalized spacial score (nSPS) is 12.3. The van der Waals surface area contributed by atoms with Crippen molar-refractivity contribution in [2.75, 3.05) is 6.79 Å². The first-order valence-corrected chi connectivity index (χ1v) is 7.19. The Bertz CT molecular complexity index is 897. The van der Waals surface area contributed by atoms with Crippen molar-refractivity contribution in [2.24, 2.45) is 0 Å². The van der Waals surface area contributed by atoms with Crippen LogP contribution in [0.2, 0.25) is 0 Å². The summed E-state index contributed by atoms with van der Waals surface area (Å²) in [6.45, 7) is 1.47. The van der Waals surface area contributed by atoms with Crippen LogP contribution in [0.4, 0.5) is 0 Å². The molecule has 0 amide bonds.